The highest BCUT2D eigenvalue weighted by Crippen LogP contribution is 2.36. The molecule has 0 aromatic rings. The Morgan fingerprint density at radius 1 is 1.50 bits per heavy atom. The Hall–Kier alpha value is -0.630. The summed E-state index contributed by atoms with van der Waals surface area (Å²) in [4.78, 5) is 10.2. The van der Waals surface area contributed by atoms with E-state index in [1.54, 1.807) is 6.08 Å². The summed E-state index contributed by atoms with van der Waals surface area (Å²) in [5.41, 5.74) is -0.728. The van der Waals surface area contributed by atoms with Crippen molar-refractivity contribution < 1.29 is 9.90 Å². The van der Waals surface area contributed by atoms with Gasteiger partial charge in [0.05, 0.1) is 5.60 Å². The van der Waals surface area contributed by atoms with E-state index in [9.17, 15) is 9.90 Å². The van der Waals surface area contributed by atoms with Gasteiger partial charge in [0.2, 0.25) is 0 Å². The van der Waals surface area contributed by atoms with Gasteiger partial charge >= 0.3 is 0 Å². The van der Waals surface area contributed by atoms with Crippen molar-refractivity contribution in [2.75, 3.05) is 0 Å². The van der Waals surface area contributed by atoms with Crippen LogP contribution in [-0.4, -0.2) is 17.0 Å². The first-order valence-electron chi connectivity index (χ1n) is 5.43. The molecule has 2 atom stereocenters. The summed E-state index contributed by atoms with van der Waals surface area (Å²) in [6.45, 7) is 4.39. The standard InChI is InChI=1S/C12H20O2/c1-10(2)11-5-3-6-12(14,9-11)7-4-8-13/h4,7-8,10-11,14H,3,5-6,9H2,1-2H3. The van der Waals surface area contributed by atoms with E-state index in [0.717, 1.165) is 25.5 Å². The Morgan fingerprint density at radius 2 is 2.21 bits per heavy atom. The number of rotatable bonds is 3. The molecule has 0 spiro atoms. The number of allylic oxidation sites excluding steroid dienone is 1. The van der Waals surface area contributed by atoms with Crippen LogP contribution < -0.4 is 0 Å². The Labute approximate surface area is 86.0 Å². The third-order valence-electron chi connectivity index (χ3n) is 3.23. The van der Waals surface area contributed by atoms with E-state index >= 15 is 0 Å². The quantitative estimate of drug-likeness (QED) is 0.555. The van der Waals surface area contributed by atoms with Crippen LogP contribution in [0.15, 0.2) is 12.2 Å². The third kappa shape index (κ3) is 2.95. The summed E-state index contributed by atoms with van der Waals surface area (Å²) < 4.78 is 0. The molecule has 1 N–H and O–H groups in total. The topological polar surface area (TPSA) is 37.3 Å². The third-order valence-corrected chi connectivity index (χ3v) is 3.23. The maximum atomic E-state index is 10.2. The minimum atomic E-state index is -0.728. The number of carbonyl (C=O) groups excluding carboxylic acids is 1. The zero-order valence-electron chi connectivity index (χ0n) is 9.07. The first kappa shape index (κ1) is 11.4. The smallest absolute Gasteiger partial charge is 0.142 e. The van der Waals surface area contributed by atoms with Gasteiger partial charge in [0.1, 0.15) is 6.29 Å². The molecule has 14 heavy (non-hydrogen) atoms. The van der Waals surface area contributed by atoms with Crippen molar-refractivity contribution in [3.63, 3.8) is 0 Å². The van der Waals surface area contributed by atoms with Crippen molar-refractivity contribution in [1.82, 2.24) is 0 Å². The molecule has 0 aromatic heterocycles. The molecule has 0 heterocycles. The summed E-state index contributed by atoms with van der Waals surface area (Å²) in [5.74, 6) is 1.21. The molecule has 2 nitrogen and oxygen atoms in total. The first-order valence-corrected chi connectivity index (χ1v) is 5.43. The summed E-state index contributed by atoms with van der Waals surface area (Å²) in [6.07, 6.45) is 7.67. The van der Waals surface area contributed by atoms with Crippen LogP contribution in [0.1, 0.15) is 39.5 Å². The Morgan fingerprint density at radius 3 is 2.79 bits per heavy atom. The maximum absolute atomic E-state index is 10.2. The average Bonchev–Trinajstić information content (AvgIpc) is 2.15. The predicted octanol–water partition coefficient (Wildman–Crippen LogP) is 2.32. The minimum absolute atomic E-state index is 0.588. The molecule has 0 amide bonds. The molecule has 1 fully saturated rings. The predicted molar refractivity (Wildman–Crippen MR) is 56.9 cm³/mol. The lowest BCUT2D eigenvalue weighted by molar-refractivity contribution is -0.104. The zero-order chi connectivity index (χ0) is 10.6. The van der Waals surface area contributed by atoms with Crippen LogP contribution in [0.25, 0.3) is 0 Å². The molecular weight excluding hydrogens is 176 g/mol. The first-order chi connectivity index (χ1) is 6.57. The van der Waals surface area contributed by atoms with E-state index in [1.807, 2.05) is 0 Å². The van der Waals surface area contributed by atoms with E-state index in [0.29, 0.717) is 11.8 Å². The van der Waals surface area contributed by atoms with Gasteiger partial charge in [-0.3, -0.25) is 4.79 Å². The van der Waals surface area contributed by atoms with E-state index in [1.165, 1.54) is 12.5 Å². The molecule has 0 radical (unpaired) electrons. The Bertz CT molecular complexity index is 220. The van der Waals surface area contributed by atoms with Gasteiger partial charge in [-0.05, 0) is 49.7 Å². The molecule has 0 aliphatic heterocycles. The second kappa shape index (κ2) is 4.74. The normalized spacial score (nSPS) is 33.9. The van der Waals surface area contributed by atoms with E-state index in [-0.39, 0.29) is 0 Å². The Kier molecular flexibility index (Phi) is 3.87. The molecule has 0 saturated heterocycles. The maximum Gasteiger partial charge on any atom is 0.142 e. The van der Waals surface area contributed by atoms with Crippen molar-refractivity contribution in [2.24, 2.45) is 11.8 Å². The van der Waals surface area contributed by atoms with Crippen molar-refractivity contribution >= 4 is 6.29 Å². The monoisotopic (exact) mass is 196 g/mol. The SMILES string of the molecule is CC(C)C1CCCC(O)(C=CC=O)C1. The molecule has 2 heteroatoms. The van der Waals surface area contributed by atoms with Crippen LogP contribution in [0.5, 0.6) is 0 Å². The van der Waals surface area contributed by atoms with Crippen LogP contribution in [0, 0.1) is 11.8 Å². The van der Waals surface area contributed by atoms with Gasteiger partial charge in [-0.25, -0.2) is 0 Å². The van der Waals surface area contributed by atoms with E-state index < -0.39 is 5.60 Å². The molecule has 1 rings (SSSR count). The molecular formula is C12H20O2. The van der Waals surface area contributed by atoms with E-state index in [4.69, 9.17) is 0 Å². The summed E-state index contributed by atoms with van der Waals surface area (Å²) in [5, 5.41) is 10.2. The second-order valence-electron chi connectivity index (χ2n) is 4.70. The van der Waals surface area contributed by atoms with Gasteiger partial charge in [-0.15, -0.1) is 0 Å². The van der Waals surface area contributed by atoms with Crippen LogP contribution >= 0.6 is 0 Å². The summed E-state index contributed by atoms with van der Waals surface area (Å²) >= 11 is 0. The number of carbonyl (C=O) groups is 1. The number of aldehydes is 1. The van der Waals surface area contributed by atoms with Crippen molar-refractivity contribution in [3.05, 3.63) is 12.2 Å². The lowest BCUT2D eigenvalue weighted by atomic mass is 9.73. The number of aliphatic hydroxyl groups is 1. The van der Waals surface area contributed by atoms with Gasteiger partial charge in [0.25, 0.3) is 0 Å². The highest BCUT2D eigenvalue weighted by Gasteiger charge is 2.32. The molecule has 0 aromatic carbocycles. The molecule has 1 aliphatic rings. The van der Waals surface area contributed by atoms with Crippen molar-refractivity contribution in [2.45, 2.75) is 45.1 Å². The largest absolute Gasteiger partial charge is 0.386 e. The highest BCUT2D eigenvalue weighted by atomic mass is 16.3. The van der Waals surface area contributed by atoms with Crippen molar-refractivity contribution in [3.8, 4) is 0 Å². The van der Waals surface area contributed by atoms with E-state index in [2.05, 4.69) is 13.8 Å². The lowest BCUT2D eigenvalue weighted by Gasteiger charge is -2.36. The van der Waals surface area contributed by atoms with Gasteiger partial charge in [0, 0.05) is 0 Å². The fourth-order valence-corrected chi connectivity index (χ4v) is 2.27. The van der Waals surface area contributed by atoms with Crippen molar-refractivity contribution in [1.29, 1.82) is 0 Å². The van der Waals surface area contributed by atoms with Gasteiger partial charge in [-0.1, -0.05) is 13.8 Å². The van der Waals surface area contributed by atoms with Crippen LogP contribution in [0.4, 0.5) is 0 Å². The highest BCUT2D eigenvalue weighted by molar-refractivity contribution is 5.65. The summed E-state index contributed by atoms with van der Waals surface area (Å²) in [7, 11) is 0. The van der Waals surface area contributed by atoms with Crippen LogP contribution in [0.2, 0.25) is 0 Å². The van der Waals surface area contributed by atoms with Crippen LogP contribution in [-0.2, 0) is 4.79 Å². The minimum Gasteiger partial charge on any atom is -0.386 e. The van der Waals surface area contributed by atoms with Crippen LogP contribution in [0.3, 0.4) is 0 Å². The fourth-order valence-electron chi connectivity index (χ4n) is 2.27. The Balaban J connectivity index is 2.61. The molecule has 0 bridgehead atoms. The van der Waals surface area contributed by atoms with Gasteiger partial charge in [0.15, 0.2) is 0 Å². The lowest BCUT2D eigenvalue weighted by Crippen LogP contribution is -2.34. The summed E-state index contributed by atoms with van der Waals surface area (Å²) in [6, 6.07) is 0. The number of hydrogen-bond donors (Lipinski definition) is 1. The number of hydrogen-bond acceptors (Lipinski definition) is 2. The van der Waals surface area contributed by atoms with Gasteiger partial charge < -0.3 is 5.11 Å². The average molecular weight is 196 g/mol. The zero-order valence-corrected chi connectivity index (χ0v) is 9.07. The molecule has 2 unspecified atom stereocenters. The fraction of sp³-hybridized carbons (Fsp3) is 0.750. The molecule has 1 aliphatic carbocycles. The van der Waals surface area contributed by atoms with Gasteiger partial charge in [-0.2, -0.15) is 0 Å². The molecule has 1 saturated carbocycles. The second-order valence-corrected chi connectivity index (χ2v) is 4.70. The molecule has 80 valence electrons.